The summed E-state index contributed by atoms with van der Waals surface area (Å²) in [6.45, 7) is 2.18. The van der Waals surface area contributed by atoms with E-state index in [0.29, 0.717) is 15.1 Å². The molecule has 18 heavy (non-hydrogen) atoms. The molecule has 0 aliphatic heterocycles. The molecular weight excluding hydrogens is 338 g/mol. The van der Waals surface area contributed by atoms with Crippen LogP contribution in [-0.2, 0) is 0 Å². The molecule has 4 heteroatoms. The fourth-order valence-electron chi connectivity index (χ4n) is 1.86. The molecule has 0 aliphatic rings. The van der Waals surface area contributed by atoms with Crippen molar-refractivity contribution < 1.29 is 4.39 Å². The van der Waals surface area contributed by atoms with E-state index in [9.17, 15) is 4.39 Å². The van der Waals surface area contributed by atoms with Crippen LogP contribution in [0.1, 0.15) is 56.4 Å². The van der Waals surface area contributed by atoms with Gasteiger partial charge in [-0.3, -0.25) is 0 Å². The lowest BCUT2D eigenvalue weighted by Gasteiger charge is -2.12. The van der Waals surface area contributed by atoms with Crippen molar-refractivity contribution in [2.24, 2.45) is 0 Å². The van der Waals surface area contributed by atoms with Crippen LogP contribution in [-0.4, -0.2) is 0 Å². The second kappa shape index (κ2) is 8.39. The fourth-order valence-corrected chi connectivity index (χ4v) is 2.67. The molecule has 0 fully saturated rings. The van der Waals surface area contributed by atoms with Crippen LogP contribution >= 0.6 is 39.1 Å². The number of hydrogen-bond acceptors (Lipinski definition) is 0. The molecule has 0 saturated carbocycles. The van der Waals surface area contributed by atoms with Crippen molar-refractivity contribution in [1.82, 2.24) is 0 Å². The van der Waals surface area contributed by atoms with Crippen molar-refractivity contribution in [2.75, 3.05) is 0 Å². The zero-order valence-corrected chi connectivity index (χ0v) is 13.6. The van der Waals surface area contributed by atoms with Crippen molar-refractivity contribution in [2.45, 2.75) is 50.8 Å². The highest BCUT2D eigenvalue weighted by molar-refractivity contribution is 9.10. The Hall–Kier alpha value is 0.210. The summed E-state index contributed by atoms with van der Waals surface area (Å²) in [6.07, 6.45) is 6.68. The first-order chi connectivity index (χ1) is 8.56. The quantitative estimate of drug-likeness (QED) is 0.284. The van der Waals surface area contributed by atoms with Crippen LogP contribution in [0, 0.1) is 5.82 Å². The summed E-state index contributed by atoms with van der Waals surface area (Å²) in [5.74, 6) is -0.292. The van der Waals surface area contributed by atoms with Gasteiger partial charge in [0.1, 0.15) is 5.82 Å². The maximum absolute atomic E-state index is 13.7. The van der Waals surface area contributed by atoms with Crippen LogP contribution in [0.2, 0.25) is 5.02 Å². The minimum atomic E-state index is -0.294. The van der Waals surface area contributed by atoms with E-state index in [1.165, 1.54) is 25.3 Å². The molecular formula is C14H18BrCl2F. The average Bonchev–Trinajstić information content (AvgIpc) is 2.33. The van der Waals surface area contributed by atoms with Crippen LogP contribution in [0.5, 0.6) is 0 Å². The predicted octanol–water partition coefficient (Wildman–Crippen LogP) is 6.88. The third kappa shape index (κ3) is 5.07. The Morgan fingerprint density at radius 3 is 2.56 bits per heavy atom. The Kier molecular flexibility index (Phi) is 7.59. The molecule has 1 aromatic rings. The standard InChI is InChI=1S/C14H18BrCl2F/c1-2-3-4-5-6-7-12(16)10-8-13(17)11(15)9-14(10)18/h8-9,12H,2-7H2,1H3. The number of benzene rings is 1. The molecule has 1 aromatic carbocycles. The molecule has 0 aliphatic carbocycles. The van der Waals surface area contributed by atoms with Crippen LogP contribution < -0.4 is 0 Å². The zero-order valence-electron chi connectivity index (χ0n) is 10.5. The monoisotopic (exact) mass is 354 g/mol. The largest absolute Gasteiger partial charge is 0.207 e. The normalized spacial score (nSPS) is 12.7. The third-order valence-corrected chi connectivity index (χ3v) is 4.59. The van der Waals surface area contributed by atoms with Gasteiger partial charge in [-0.1, -0.05) is 50.6 Å². The van der Waals surface area contributed by atoms with Crippen molar-refractivity contribution >= 4 is 39.1 Å². The summed E-state index contributed by atoms with van der Waals surface area (Å²) in [5, 5.41) is 0.209. The van der Waals surface area contributed by atoms with Gasteiger partial charge >= 0.3 is 0 Å². The summed E-state index contributed by atoms with van der Waals surface area (Å²) in [6, 6.07) is 2.99. The first-order valence-electron chi connectivity index (χ1n) is 6.34. The van der Waals surface area contributed by atoms with E-state index < -0.39 is 0 Å². The Morgan fingerprint density at radius 1 is 1.22 bits per heavy atom. The summed E-state index contributed by atoms with van der Waals surface area (Å²) in [5.41, 5.74) is 0.500. The maximum atomic E-state index is 13.7. The summed E-state index contributed by atoms with van der Waals surface area (Å²) < 4.78 is 14.3. The fraction of sp³-hybridized carbons (Fsp3) is 0.571. The molecule has 1 unspecified atom stereocenters. The molecule has 0 nitrogen and oxygen atoms in total. The van der Waals surface area contributed by atoms with Gasteiger partial charge in [0.2, 0.25) is 0 Å². The molecule has 0 heterocycles. The second-order valence-electron chi connectivity index (χ2n) is 4.46. The van der Waals surface area contributed by atoms with Gasteiger partial charge in [0.05, 0.1) is 10.4 Å². The number of alkyl halides is 1. The minimum absolute atomic E-state index is 0.292. The maximum Gasteiger partial charge on any atom is 0.129 e. The SMILES string of the molecule is CCCCCCCC(Cl)c1cc(Cl)c(Br)cc1F. The van der Waals surface area contributed by atoms with E-state index in [-0.39, 0.29) is 11.2 Å². The number of halogens is 4. The Bertz CT molecular complexity index is 382. The van der Waals surface area contributed by atoms with E-state index in [1.807, 2.05) is 0 Å². The molecule has 0 spiro atoms. The highest BCUT2D eigenvalue weighted by Gasteiger charge is 2.15. The number of hydrogen-bond donors (Lipinski definition) is 0. The summed E-state index contributed by atoms with van der Waals surface area (Å²) in [4.78, 5) is 0. The van der Waals surface area contributed by atoms with Gasteiger partial charge in [0.15, 0.2) is 0 Å². The van der Waals surface area contributed by atoms with Crippen molar-refractivity contribution in [3.63, 3.8) is 0 Å². The first-order valence-corrected chi connectivity index (χ1v) is 7.95. The van der Waals surface area contributed by atoms with Gasteiger partial charge < -0.3 is 0 Å². The van der Waals surface area contributed by atoms with Gasteiger partial charge in [-0.2, -0.15) is 0 Å². The Morgan fingerprint density at radius 2 is 1.89 bits per heavy atom. The molecule has 0 radical (unpaired) electrons. The zero-order chi connectivity index (χ0) is 13.5. The van der Waals surface area contributed by atoms with E-state index in [0.717, 1.165) is 19.3 Å². The van der Waals surface area contributed by atoms with E-state index in [4.69, 9.17) is 23.2 Å². The molecule has 0 N–H and O–H groups in total. The Labute approximate surface area is 127 Å². The van der Waals surface area contributed by atoms with E-state index in [2.05, 4.69) is 22.9 Å². The highest BCUT2D eigenvalue weighted by Crippen LogP contribution is 2.34. The number of unbranched alkanes of at least 4 members (excludes halogenated alkanes) is 4. The van der Waals surface area contributed by atoms with Crippen LogP contribution in [0.3, 0.4) is 0 Å². The van der Waals surface area contributed by atoms with Gasteiger partial charge in [0, 0.05) is 10.0 Å². The third-order valence-electron chi connectivity index (χ3n) is 2.94. The molecule has 0 amide bonds. The molecule has 0 saturated heterocycles. The van der Waals surface area contributed by atoms with Crippen LogP contribution in [0.4, 0.5) is 4.39 Å². The average molecular weight is 356 g/mol. The molecule has 0 aromatic heterocycles. The topological polar surface area (TPSA) is 0 Å². The van der Waals surface area contributed by atoms with Crippen LogP contribution in [0.25, 0.3) is 0 Å². The van der Waals surface area contributed by atoms with Gasteiger partial charge in [0.25, 0.3) is 0 Å². The summed E-state index contributed by atoms with van der Waals surface area (Å²) in [7, 11) is 0. The highest BCUT2D eigenvalue weighted by atomic mass is 79.9. The Balaban J connectivity index is 2.51. The number of rotatable bonds is 7. The lowest BCUT2D eigenvalue weighted by atomic mass is 10.0. The van der Waals surface area contributed by atoms with E-state index >= 15 is 0 Å². The van der Waals surface area contributed by atoms with E-state index in [1.54, 1.807) is 6.07 Å². The summed E-state index contributed by atoms with van der Waals surface area (Å²) >= 11 is 15.4. The second-order valence-corrected chi connectivity index (χ2v) is 6.25. The smallest absolute Gasteiger partial charge is 0.129 e. The molecule has 0 bridgehead atoms. The van der Waals surface area contributed by atoms with Crippen LogP contribution in [0.15, 0.2) is 16.6 Å². The minimum Gasteiger partial charge on any atom is -0.207 e. The predicted molar refractivity (Wildman–Crippen MR) is 81.1 cm³/mol. The lowest BCUT2D eigenvalue weighted by Crippen LogP contribution is -1.96. The lowest BCUT2D eigenvalue weighted by molar-refractivity contribution is 0.573. The molecule has 1 rings (SSSR count). The van der Waals surface area contributed by atoms with Gasteiger partial charge in [-0.25, -0.2) is 4.39 Å². The van der Waals surface area contributed by atoms with Crippen molar-refractivity contribution in [3.05, 3.63) is 33.0 Å². The first kappa shape index (κ1) is 16.3. The molecule has 1 atom stereocenters. The van der Waals surface area contributed by atoms with Gasteiger partial charge in [-0.15, -0.1) is 11.6 Å². The van der Waals surface area contributed by atoms with Crippen molar-refractivity contribution in [3.8, 4) is 0 Å². The molecule has 102 valence electrons. The van der Waals surface area contributed by atoms with Gasteiger partial charge in [-0.05, 0) is 34.5 Å². The van der Waals surface area contributed by atoms with Crippen molar-refractivity contribution in [1.29, 1.82) is 0 Å².